The normalized spacial score (nSPS) is 8.79. The van der Waals surface area contributed by atoms with Gasteiger partial charge in [-0.2, -0.15) is 17.7 Å². The summed E-state index contributed by atoms with van der Waals surface area (Å²) in [4.78, 5) is 3.97. The minimum absolute atomic E-state index is 0. The predicted molar refractivity (Wildman–Crippen MR) is 96.8 cm³/mol. The molecule has 0 bridgehead atoms. The van der Waals surface area contributed by atoms with Gasteiger partial charge in [0.05, 0.1) is 7.11 Å². The molecule has 0 saturated heterocycles. The largest absolute Gasteiger partial charge is 3.00 e. The van der Waals surface area contributed by atoms with Gasteiger partial charge in [-0.3, -0.25) is 8.78 Å². The number of hydrogen-bond acceptors (Lipinski definition) is 4. The monoisotopic (exact) mass is 560 g/mol. The van der Waals surface area contributed by atoms with Crippen LogP contribution in [-0.2, 0) is 24.8 Å². The van der Waals surface area contributed by atoms with Crippen LogP contribution in [0, 0.1) is 36.1 Å². The van der Waals surface area contributed by atoms with Crippen molar-refractivity contribution in [3.8, 4) is 17.0 Å². The zero-order valence-corrected chi connectivity index (χ0v) is 17.5. The second-order valence-electron chi connectivity index (χ2n) is 4.89. The van der Waals surface area contributed by atoms with Crippen LogP contribution in [0.1, 0.15) is 5.56 Å². The number of aromatic nitrogens is 1. The van der Waals surface area contributed by atoms with Crippen molar-refractivity contribution in [2.45, 2.75) is 0 Å². The molecule has 3 aromatic rings. The van der Waals surface area contributed by atoms with Crippen LogP contribution in [0.25, 0.3) is 11.3 Å². The number of hydrogen-bond donors (Lipinski definition) is 0. The van der Waals surface area contributed by atoms with Crippen LogP contribution >= 0.6 is 0 Å². The summed E-state index contributed by atoms with van der Waals surface area (Å²) in [5, 5.41) is 6.25. The average molecular weight is 560 g/mol. The van der Waals surface area contributed by atoms with Crippen molar-refractivity contribution < 1.29 is 38.4 Å². The second-order valence-corrected chi connectivity index (χ2v) is 4.89. The summed E-state index contributed by atoms with van der Waals surface area (Å²) in [6.07, 6.45) is 1.49. The number of rotatable bonds is 4. The molecule has 0 unspecified atom stereocenters. The molecule has 0 fully saturated rings. The number of methoxy groups -OCH3 is 2. The van der Waals surface area contributed by atoms with E-state index in [1.165, 1.54) is 13.3 Å². The average Bonchev–Trinajstić information content (AvgIpc) is 2.71. The Morgan fingerprint density at radius 2 is 1.75 bits per heavy atom. The predicted octanol–water partition coefficient (Wildman–Crippen LogP) is 4.77. The number of halogens is 2. The van der Waals surface area contributed by atoms with E-state index in [1.54, 1.807) is 25.8 Å². The van der Waals surface area contributed by atoms with E-state index in [0.29, 0.717) is 11.4 Å². The summed E-state index contributed by atoms with van der Waals surface area (Å²) >= 11 is 0. The Hall–Kier alpha value is -2.78. The molecule has 0 amide bonds. The zero-order chi connectivity index (χ0) is 20.1. The third-order valence-corrected chi connectivity index (χ3v) is 3.13. The van der Waals surface area contributed by atoms with Gasteiger partial charge in [-0.1, -0.05) is 24.3 Å². The molecule has 0 aliphatic heterocycles. The van der Waals surface area contributed by atoms with Gasteiger partial charge in [-0.25, -0.2) is 0 Å². The number of benzene rings is 2. The molecule has 3 rings (SSSR count). The van der Waals surface area contributed by atoms with Crippen molar-refractivity contribution >= 4 is 0 Å². The van der Waals surface area contributed by atoms with Crippen molar-refractivity contribution in [3.05, 3.63) is 97.2 Å². The first-order valence-corrected chi connectivity index (χ1v) is 7.64. The van der Waals surface area contributed by atoms with Gasteiger partial charge in [0.15, 0.2) is 0 Å². The summed E-state index contributed by atoms with van der Waals surface area (Å²) in [5.41, 5.74) is 1.58. The van der Waals surface area contributed by atoms with Gasteiger partial charge < -0.3 is 26.3 Å². The summed E-state index contributed by atoms with van der Waals surface area (Å²) in [6.45, 7) is 6.46. The Morgan fingerprint density at radius 3 is 2.32 bits per heavy atom. The van der Waals surface area contributed by atoms with Crippen molar-refractivity contribution in [1.29, 1.82) is 5.26 Å². The Kier molecular flexibility index (Phi) is 12.9. The maximum Gasteiger partial charge on any atom is 3.00 e. The smallest absolute Gasteiger partial charge is 0.512 e. The van der Waals surface area contributed by atoms with Gasteiger partial charge in [-0.15, -0.1) is 24.3 Å². The standard InChI is InChI=1S/C12H8F2NO.C8H9O.CN.Ir/c1-16-9-4-5-15-12(7-9)10-3-2-8(13)6-11(10)14;1-9-7-8-5-3-2-4-6-8;1-2;/h2,4-7H,1H3;2-7H,1H3;;/q3*-1;+3. The number of nitrogens with zero attached hydrogens (tertiary/aromatic N) is 2. The number of pyridine rings is 1. The fourth-order valence-electron chi connectivity index (χ4n) is 1.98. The van der Waals surface area contributed by atoms with E-state index < -0.39 is 11.6 Å². The van der Waals surface area contributed by atoms with Crippen molar-refractivity contribution in [1.82, 2.24) is 4.98 Å². The van der Waals surface area contributed by atoms with Crippen molar-refractivity contribution in [2.24, 2.45) is 0 Å². The van der Waals surface area contributed by atoms with Crippen LogP contribution in [0.4, 0.5) is 8.78 Å². The first kappa shape index (κ1) is 25.2. The van der Waals surface area contributed by atoms with Gasteiger partial charge in [0.2, 0.25) is 0 Å². The molecule has 0 atom stereocenters. The molecular weight excluding hydrogens is 542 g/mol. The molecule has 4 nitrogen and oxygen atoms in total. The van der Waals surface area contributed by atoms with Gasteiger partial charge in [0.1, 0.15) is 5.75 Å². The summed E-state index contributed by atoms with van der Waals surface area (Å²) in [5.74, 6) is -0.799. The topological polar surface area (TPSA) is 55.1 Å². The first-order valence-electron chi connectivity index (χ1n) is 7.64. The van der Waals surface area contributed by atoms with Crippen LogP contribution < -0.4 is 4.74 Å². The summed E-state index contributed by atoms with van der Waals surface area (Å²) in [6, 6.07) is 17.5. The molecule has 0 aliphatic rings. The molecule has 0 spiro atoms. The third-order valence-electron chi connectivity index (χ3n) is 3.13. The molecule has 28 heavy (non-hydrogen) atoms. The van der Waals surface area contributed by atoms with E-state index in [-0.39, 0.29) is 25.7 Å². The van der Waals surface area contributed by atoms with Crippen molar-refractivity contribution in [3.63, 3.8) is 0 Å². The van der Waals surface area contributed by atoms with Crippen molar-refractivity contribution in [2.75, 3.05) is 14.2 Å². The van der Waals surface area contributed by atoms with Crippen LogP contribution in [-0.4, -0.2) is 19.2 Å². The van der Waals surface area contributed by atoms with E-state index in [2.05, 4.69) is 11.1 Å². The fourth-order valence-corrected chi connectivity index (χ4v) is 1.98. The van der Waals surface area contributed by atoms with E-state index in [0.717, 1.165) is 17.7 Å². The summed E-state index contributed by atoms with van der Waals surface area (Å²) in [7, 11) is 3.15. The van der Waals surface area contributed by atoms with E-state index in [1.807, 2.05) is 30.3 Å². The molecular formula is C21H17F2IrN2O2. The van der Waals surface area contributed by atoms with E-state index >= 15 is 0 Å². The molecule has 0 N–H and O–H groups in total. The molecule has 1 aromatic heterocycles. The molecule has 0 radical (unpaired) electrons. The third kappa shape index (κ3) is 8.28. The maximum absolute atomic E-state index is 13.4. The Bertz CT molecular complexity index is 846. The zero-order valence-electron chi connectivity index (χ0n) is 15.2. The quantitative estimate of drug-likeness (QED) is 0.432. The molecule has 7 heteroatoms. The van der Waals surface area contributed by atoms with Crippen LogP contribution in [0.5, 0.6) is 5.75 Å². The second kappa shape index (κ2) is 14.3. The van der Waals surface area contributed by atoms with E-state index in [9.17, 15) is 8.78 Å². The van der Waals surface area contributed by atoms with Crippen LogP contribution in [0.15, 0.2) is 60.8 Å². The van der Waals surface area contributed by atoms with Crippen LogP contribution in [0.3, 0.4) is 0 Å². The Morgan fingerprint density at radius 1 is 1.07 bits per heavy atom. The fraction of sp³-hybridized carbons (Fsp3) is 0.0952. The SMILES string of the molecule is CO[CH-]c1ccccc1.COc1ccnc(-c2[c-]cc(F)cc2F)c1.[C-]#N.[Ir+3]. The molecule has 0 saturated carbocycles. The Balaban J connectivity index is 0.000000521. The maximum atomic E-state index is 13.4. The van der Waals surface area contributed by atoms with Crippen LogP contribution in [0.2, 0.25) is 0 Å². The van der Waals surface area contributed by atoms with Gasteiger partial charge in [0.25, 0.3) is 0 Å². The minimum Gasteiger partial charge on any atom is -0.512 e. The molecule has 0 aliphatic carbocycles. The number of ether oxygens (including phenoxy) is 2. The minimum atomic E-state index is -0.694. The molecule has 146 valence electrons. The summed E-state index contributed by atoms with van der Waals surface area (Å²) < 4.78 is 35.9. The molecule has 2 aromatic carbocycles. The van der Waals surface area contributed by atoms with Gasteiger partial charge in [0, 0.05) is 24.9 Å². The molecule has 1 heterocycles. The van der Waals surface area contributed by atoms with Gasteiger partial charge in [-0.05, 0) is 17.8 Å². The Labute approximate surface area is 177 Å². The van der Waals surface area contributed by atoms with E-state index in [4.69, 9.17) is 21.3 Å². The first-order chi connectivity index (χ1) is 13.1. The van der Waals surface area contributed by atoms with Gasteiger partial charge >= 0.3 is 20.1 Å².